The van der Waals surface area contributed by atoms with Crippen LogP contribution in [-0.4, -0.2) is 72.9 Å². The molecule has 4 atom stereocenters. The average Bonchev–Trinajstić information content (AvgIpc) is 3.02. The molecule has 3 heterocycles. The van der Waals surface area contributed by atoms with Crippen LogP contribution in [0.2, 0.25) is 0 Å². The summed E-state index contributed by atoms with van der Waals surface area (Å²) in [4.78, 5) is 5.41. The van der Waals surface area contributed by atoms with E-state index in [2.05, 4.69) is 22.0 Å². The number of nitrogens with zero attached hydrogens (tertiary/aromatic N) is 2. The van der Waals surface area contributed by atoms with Gasteiger partial charge in [-0.1, -0.05) is 0 Å². The lowest BCUT2D eigenvalue weighted by Gasteiger charge is -2.43. The molecule has 4 heteroatoms. The van der Waals surface area contributed by atoms with Gasteiger partial charge in [0.05, 0.1) is 12.2 Å². The van der Waals surface area contributed by atoms with Crippen LogP contribution in [0.3, 0.4) is 0 Å². The summed E-state index contributed by atoms with van der Waals surface area (Å²) in [5, 5.41) is 3.62. The predicted octanol–water partition coefficient (Wildman–Crippen LogP) is 1.45. The normalized spacial score (nSPS) is 41.6. The van der Waals surface area contributed by atoms with Gasteiger partial charge in [0.25, 0.3) is 0 Å². The zero-order valence-electron chi connectivity index (χ0n) is 13.5. The lowest BCUT2D eigenvalue weighted by atomic mass is 10.1. The molecule has 4 fully saturated rings. The maximum atomic E-state index is 6.28. The molecule has 0 bridgehead atoms. The first-order chi connectivity index (χ1) is 10.3. The number of ether oxygens (including phenoxy) is 1. The molecule has 3 saturated heterocycles. The third-order valence-electron chi connectivity index (χ3n) is 5.91. The first-order valence-electron chi connectivity index (χ1n) is 9.15. The van der Waals surface area contributed by atoms with Crippen LogP contribution in [0.15, 0.2) is 0 Å². The molecular formula is C17H31N3O. The maximum absolute atomic E-state index is 6.28. The fraction of sp³-hybridized carbons (Fsp3) is 1.00. The first kappa shape index (κ1) is 14.4. The van der Waals surface area contributed by atoms with Crippen molar-refractivity contribution in [1.82, 2.24) is 15.1 Å². The minimum Gasteiger partial charge on any atom is -0.372 e. The Morgan fingerprint density at radius 3 is 2.76 bits per heavy atom. The van der Waals surface area contributed by atoms with Crippen LogP contribution >= 0.6 is 0 Å². The third-order valence-corrected chi connectivity index (χ3v) is 5.91. The molecule has 4 nitrogen and oxygen atoms in total. The molecule has 0 aromatic heterocycles. The highest BCUT2D eigenvalue weighted by molar-refractivity contribution is 4.92. The minimum absolute atomic E-state index is 0.471. The fourth-order valence-electron chi connectivity index (χ4n) is 4.41. The second kappa shape index (κ2) is 6.15. The summed E-state index contributed by atoms with van der Waals surface area (Å²) in [7, 11) is 0. The maximum Gasteiger partial charge on any atom is 0.0707 e. The Balaban J connectivity index is 1.23. The average molecular weight is 293 g/mol. The van der Waals surface area contributed by atoms with E-state index in [1.165, 1.54) is 58.2 Å². The van der Waals surface area contributed by atoms with Crippen LogP contribution in [-0.2, 0) is 4.74 Å². The summed E-state index contributed by atoms with van der Waals surface area (Å²) in [5.74, 6) is 0. The lowest BCUT2D eigenvalue weighted by molar-refractivity contribution is -0.0102. The highest BCUT2D eigenvalue weighted by Crippen LogP contribution is 2.27. The van der Waals surface area contributed by atoms with E-state index in [4.69, 9.17) is 4.74 Å². The number of piperazine rings is 1. The lowest BCUT2D eigenvalue weighted by Crippen LogP contribution is -2.56. The van der Waals surface area contributed by atoms with Crippen molar-refractivity contribution in [1.29, 1.82) is 0 Å². The molecule has 120 valence electrons. The zero-order valence-corrected chi connectivity index (χ0v) is 13.5. The van der Waals surface area contributed by atoms with Crippen LogP contribution in [0.25, 0.3) is 0 Å². The van der Waals surface area contributed by atoms with Crippen LogP contribution < -0.4 is 5.32 Å². The summed E-state index contributed by atoms with van der Waals surface area (Å²) < 4.78 is 6.28. The van der Waals surface area contributed by atoms with Gasteiger partial charge in [0.1, 0.15) is 0 Å². The van der Waals surface area contributed by atoms with E-state index in [1.54, 1.807) is 0 Å². The van der Waals surface area contributed by atoms with Crippen molar-refractivity contribution < 1.29 is 4.74 Å². The molecular weight excluding hydrogens is 262 g/mol. The molecule has 0 amide bonds. The van der Waals surface area contributed by atoms with Gasteiger partial charge in [0.2, 0.25) is 0 Å². The molecule has 0 spiro atoms. The van der Waals surface area contributed by atoms with Crippen LogP contribution in [0.1, 0.15) is 45.4 Å². The predicted molar refractivity (Wildman–Crippen MR) is 84.5 cm³/mol. The van der Waals surface area contributed by atoms with Crippen molar-refractivity contribution >= 4 is 0 Å². The van der Waals surface area contributed by atoms with Gasteiger partial charge < -0.3 is 10.1 Å². The van der Waals surface area contributed by atoms with E-state index in [0.717, 1.165) is 25.2 Å². The number of nitrogens with one attached hydrogen (secondary N) is 1. The SMILES string of the molecule is CC1CN2CCCC2CN1CC1CCC(CNC2CC2)O1. The molecule has 1 N–H and O–H groups in total. The van der Waals surface area contributed by atoms with Crippen molar-refractivity contribution in [3.63, 3.8) is 0 Å². The summed E-state index contributed by atoms with van der Waals surface area (Å²) in [6, 6.07) is 2.34. The van der Waals surface area contributed by atoms with Gasteiger partial charge in [-0.2, -0.15) is 0 Å². The van der Waals surface area contributed by atoms with Gasteiger partial charge in [0, 0.05) is 44.3 Å². The van der Waals surface area contributed by atoms with E-state index in [0.29, 0.717) is 18.2 Å². The van der Waals surface area contributed by atoms with E-state index in [9.17, 15) is 0 Å². The Bertz CT molecular complexity index is 360. The zero-order chi connectivity index (χ0) is 14.2. The van der Waals surface area contributed by atoms with Crippen molar-refractivity contribution in [2.45, 2.75) is 75.8 Å². The fourth-order valence-corrected chi connectivity index (χ4v) is 4.41. The molecule has 3 aliphatic heterocycles. The van der Waals surface area contributed by atoms with E-state index >= 15 is 0 Å². The topological polar surface area (TPSA) is 27.7 Å². The Labute approximate surface area is 129 Å². The van der Waals surface area contributed by atoms with Gasteiger partial charge in [-0.15, -0.1) is 0 Å². The van der Waals surface area contributed by atoms with Crippen molar-refractivity contribution in [2.75, 3.05) is 32.7 Å². The molecule has 0 radical (unpaired) electrons. The van der Waals surface area contributed by atoms with Gasteiger partial charge in [-0.25, -0.2) is 0 Å². The van der Waals surface area contributed by atoms with Gasteiger partial charge in [-0.05, 0) is 52.0 Å². The van der Waals surface area contributed by atoms with Gasteiger partial charge >= 0.3 is 0 Å². The first-order valence-corrected chi connectivity index (χ1v) is 9.15. The Morgan fingerprint density at radius 1 is 1.05 bits per heavy atom. The largest absolute Gasteiger partial charge is 0.372 e. The van der Waals surface area contributed by atoms with Crippen molar-refractivity contribution in [2.24, 2.45) is 0 Å². The number of hydrogen-bond acceptors (Lipinski definition) is 4. The molecule has 1 saturated carbocycles. The Hall–Kier alpha value is -0.160. The molecule has 1 aliphatic carbocycles. The number of fused-ring (bicyclic) bond motifs is 1. The van der Waals surface area contributed by atoms with Gasteiger partial charge in [-0.3, -0.25) is 9.80 Å². The van der Waals surface area contributed by atoms with Crippen molar-refractivity contribution in [3.05, 3.63) is 0 Å². The number of hydrogen-bond donors (Lipinski definition) is 1. The molecule has 0 aromatic carbocycles. The molecule has 4 unspecified atom stereocenters. The van der Waals surface area contributed by atoms with Gasteiger partial charge in [0.15, 0.2) is 0 Å². The molecule has 21 heavy (non-hydrogen) atoms. The molecule has 4 aliphatic rings. The van der Waals surface area contributed by atoms with Crippen LogP contribution in [0.4, 0.5) is 0 Å². The van der Waals surface area contributed by atoms with E-state index in [-0.39, 0.29) is 0 Å². The summed E-state index contributed by atoms with van der Waals surface area (Å²) in [6.45, 7) is 8.50. The third kappa shape index (κ3) is 3.44. The number of rotatable bonds is 5. The van der Waals surface area contributed by atoms with Crippen LogP contribution in [0, 0.1) is 0 Å². The Kier molecular flexibility index (Phi) is 4.23. The van der Waals surface area contributed by atoms with Crippen LogP contribution in [0.5, 0.6) is 0 Å². The standard InChI is InChI=1S/C17H31N3O/c1-13-10-19-8-2-3-15(19)11-20(13)12-17-7-6-16(21-17)9-18-14-4-5-14/h13-18H,2-12H2,1H3. The second-order valence-electron chi connectivity index (χ2n) is 7.73. The quantitative estimate of drug-likeness (QED) is 0.830. The summed E-state index contributed by atoms with van der Waals surface area (Å²) in [5.41, 5.74) is 0. The highest BCUT2D eigenvalue weighted by Gasteiger charge is 2.36. The van der Waals surface area contributed by atoms with Crippen molar-refractivity contribution in [3.8, 4) is 0 Å². The monoisotopic (exact) mass is 293 g/mol. The molecule has 4 rings (SSSR count). The summed E-state index contributed by atoms with van der Waals surface area (Å²) in [6.07, 6.45) is 9.02. The van der Waals surface area contributed by atoms with E-state index < -0.39 is 0 Å². The summed E-state index contributed by atoms with van der Waals surface area (Å²) >= 11 is 0. The second-order valence-corrected chi connectivity index (χ2v) is 7.73. The Morgan fingerprint density at radius 2 is 1.90 bits per heavy atom. The van der Waals surface area contributed by atoms with E-state index in [1.807, 2.05) is 0 Å². The highest BCUT2D eigenvalue weighted by atomic mass is 16.5. The smallest absolute Gasteiger partial charge is 0.0707 e. The minimum atomic E-state index is 0.471. The molecule has 0 aromatic rings.